The second-order valence-corrected chi connectivity index (χ2v) is 5.45. The zero-order valence-corrected chi connectivity index (χ0v) is 12.8. The standard InChI is InChI=1S/C14H21BrN2O/c1-4-10(2)16-9-14(18)17-11(3)12-6-5-7-13(15)8-12/h5-8,10-11,16H,4,9H2,1-3H3,(H,17,18)/t10?,11-/m1/s1. The van der Waals surface area contributed by atoms with E-state index in [9.17, 15) is 4.79 Å². The smallest absolute Gasteiger partial charge is 0.234 e. The minimum atomic E-state index is 0.0220. The van der Waals surface area contributed by atoms with Crippen LogP contribution in [0.15, 0.2) is 28.7 Å². The van der Waals surface area contributed by atoms with E-state index in [1.54, 1.807) is 0 Å². The number of carbonyl (C=O) groups is 1. The van der Waals surface area contributed by atoms with Crippen LogP contribution < -0.4 is 10.6 Å². The highest BCUT2D eigenvalue weighted by atomic mass is 79.9. The summed E-state index contributed by atoms with van der Waals surface area (Å²) < 4.78 is 1.03. The molecule has 0 aliphatic rings. The molecule has 0 saturated heterocycles. The van der Waals surface area contributed by atoms with E-state index < -0.39 is 0 Å². The van der Waals surface area contributed by atoms with Crippen molar-refractivity contribution in [1.29, 1.82) is 0 Å². The molecule has 0 spiro atoms. The van der Waals surface area contributed by atoms with Crippen LogP contribution in [0.5, 0.6) is 0 Å². The molecule has 2 atom stereocenters. The molecule has 1 unspecified atom stereocenters. The summed E-state index contributed by atoms with van der Waals surface area (Å²) >= 11 is 3.43. The topological polar surface area (TPSA) is 41.1 Å². The number of rotatable bonds is 6. The molecule has 0 aliphatic carbocycles. The molecule has 0 saturated carbocycles. The first-order valence-electron chi connectivity index (χ1n) is 6.31. The van der Waals surface area contributed by atoms with E-state index in [1.807, 2.05) is 31.2 Å². The summed E-state index contributed by atoms with van der Waals surface area (Å²) in [4.78, 5) is 11.7. The third-order valence-corrected chi connectivity index (χ3v) is 3.44. The zero-order valence-electron chi connectivity index (χ0n) is 11.2. The molecule has 1 amide bonds. The molecule has 0 heterocycles. The number of carbonyl (C=O) groups excluding carboxylic acids is 1. The quantitative estimate of drug-likeness (QED) is 0.847. The average molecular weight is 313 g/mol. The highest BCUT2D eigenvalue weighted by Gasteiger charge is 2.10. The Morgan fingerprint density at radius 2 is 2.11 bits per heavy atom. The maximum Gasteiger partial charge on any atom is 0.234 e. The van der Waals surface area contributed by atoms with Crippen molar-refractivity contribution >= 4 is 21.8 Å². The van der Waals surface area contributed by atoms with Crippen LogP contribution in [0.1, 0.15) is 38.8 Å². The van der Waals surface area contributed by atoms with Crippen molar-refractivity contribution in [3.05, 3.63) is 34.3 Å². The second kappa shape index (κ2) is 7.54. The van der Waals surface area contributed by atoms with Crippen molar-refractivity contribution < 1.29 is 4.79 Å². The normalized spacial score (nSPS) is 14.0. The lowest BCUT2D eigenvalue weighted by molar-refractivity contribution is -0.121. The summed E-state index contributed by atoms with van der Waals surface area (Å²) in [5.41, 5.74) is 1.10. The lowest BCUT2D eigenvalue weighted by Gasteiger charge is -2.16. The molecule has 0 fully saturated rings. The largest absolute Gasteiger partial charge is 0.348 e. The van der Waals surface area contributed by atoms with E-state index in [-0.39, 0.29) is 11.9 Å². The van der Waals surface area contributed by atoms with E-state index in [1.165, 1.54) is 0 Å². The molecule has 100 valence electrons. The summed E-state index contributed by atoms with van der Waals surface area (Å²) in [5, 5.41) is 6.16. The Kier molecular flexibility index (Phi) is 6.36. The fraction of sp³-hybridized carbons (Fsp3) is 0.500. The Morgan fingerprint density at radius 3 is 2.72 bits per heavy atom. The van der Waals surface area contributed by atoms with Crippen molar-refractivity contribution in [2.24, 2.45) is 0 Å². The van der Waals surface area contributed by atoms with E-state index in [4.69, 9.17) is 0 Å². The Morgan fingerprint density at radius 1 is 1.39 bits per heavy atom. The molecular weight excluding hydrogens is 292 g/mol. The molecule has 2 N–H and O–H groups in total. The van der Waals surface area contributed by atoms with Gasteiger partial charge in [0, 0.05) is 10.5 Å². The van der Waals surface area contributed by atoms with Crippen LogP contribution in [0.3, 0.4) is 0 Å². The van der Waals surface area contributed by atoms with Gasteiger partial charge in [0.2, 0.25) is 5.91 Å². The van der Waals surface area contributed by atoms with Crippen LogP contribution in [-0.2, 0) is 4.79 Å². The van der Waals surface area contributed by atoms with Crippen LogP contribution in [0, 0.1) is 0 Å². The van der Waals surface area contributed by atoms with Gasteiger partial charge >= 0.3 is 0 Å². The number of benzene rings is 1. The number of hydrogen-bond donors (Lipinski definition) is 2. The van der Waals surface area contributed by atoms with E-state index in [0.717, 1.165) is 16.5 Å². The monoisotopic (exact) mass is 312 g/mol. The molecule has 0 aromatic heterocycles. The zero-order chi connectivity index (χ0) is 13.5. The predicted octanol–water partition coefficient (Wildman–Crippen LogP) is 3.01. The van der Waals surface area contributed by atoms with Gasteiger partial charge in [0.15, 0.2) is 0 Å². The van der Waals surface area contributed by atoms with Crippen molar-refractivity contribution in [1.82, 2.24) is 10.6 Å². The van der Waals surface area contributed by atoms with Crippen molar-refractivity contribution in [2.75, 3.05) is 6.54 Å². The van der Waals surface area contributed by atoms with Gasteiger partial charge < -0.3 is 10.6 Å². The second-order valence-electron chi connectivity index (χ2n) is 4.53. The third-order valence-electron chi connectivity index (χ3n) is 2.95. The Labute approximate surface area is 117 Å². The fourth-order valence-electron chi connectivity index (χ4n) is 1.56. The van der Waals surface area contributed by atoms with Gasteiger partial charge in [-0.3, -0.25) is 4.79 Å². The molecule has 4 heteroatoms. The molecule has 0 radical (unpaired) electrons. The maximum atomic E-state index is 11.7. The molecule has 1 rings (SSSR count). The maximum absolute atomic E-state index is 11.7. The van der Waals surface area contributed by atoms with Crippen molar-refractivity contribution in [2.45, 2.75) is 39.3 Å². The van der Waals surface area contributed by atoms with Crippen LogP contribution >= 0.6 is 15.9 Å². The van der Waals surface area contributed by atoms with Crippen LogP contribution in [-0.4, -0.2) is 18.5 Å². The van der Waals surface area contributed by atoms with E-state index >= 15 is 0 Å². The minimum Gasteiger partial charge on any atom is -0.348 e. The molecule has 1 aromatic rings. The molecule has 0 aliphatic heterocycles. The number of nitrogens with one attached hydrogen (secondary N) is 2. The SMILES string of the molecule is CCC(C)NCC(=O)N[C@H](C)c1cccc(Br)c1. The van der Waals surface area contributed by atoms with Gasteiger partial charge in [-0.05, 0) is 38.0 Å². The van der Waals surface area contributed by atoms with Crippen LogP contribution in [0.2, 0.25) is 0 Å². The van der Waals surface area contributed by atoms with Gasteiger partial charge in [-0.1, -0.05) is 35.0 Å². The molecule has 0 bridgehead atoms. The Balaban J connectivity index is 2.44. The van der Waals surface area contributed by atoms with Gasteiger partial charge in [-0.15, -0.1) is 0 Å². The minimum absolute atomic E-state index is 0.0220. The van der Waals surface area contributed by atoms with Gasteiger partial charge in [0.25, 0.3) is 0 Å². The Hall–Kier alpha value is -0.870. The summed E-state index contributed by atoms with van der Waals surface area (Å²) in [5.74, 6) is 0.0303. The first-order valence-corrected chi connectivity index (χ1v) is 7.10. The van der Waals surface area contributed by atoms with Gasteiger partial charge in [-0.25, -0.2) is 0 Å². The van der Waals surface area contributed by atoms with Gasteiger partial charge in [-0.2, -0.15) is 0 Å². The van der Waals surface area contributed by atoms with E-state index in [2.05, 4.69) is 40.4 Å². The molecular formula is C14H21BrN2O. The Bertz CT molecular complexity index is 395. The summed E-state index contributed by atoms with van der Waals surface area (Å²) in [7, 11) is 0. The molecule has 18 heavy (non-hydrogen) atoms. The number of amides is 1. The highest BCUT2D eigenvalue weighted by Crippen LogP contribution is 2.17. The van der Waals surface area contributed by atoms with Crippen LogP contribution in [0.4, 0.5) is 0 Å². The van der Waals surface area contributed by atoms with Crippen LogP contribution in [0.25, 0.3) is 0 Å². The summed E-state index contributed by atoms with van der Waals surface area (Å²) in [6, 6.07) is 8.37. The number of halogens is 1. The lowest BCUT2D eigenvalue weighted by Crippen LogP contribution is -2.38. The van der Waals surface area contributed by atoms with Gasteiger partial charge in [0.05, 0.1) is 12.6 Å². The van der Waals surface area contributed by atoms with Crippen molar-refractivity contribution in [3.8, 4) is 0 Å². The molecule has 1 aromatic carbocycles. The predicted molar refractivity (Wildman–Crippen MR) is 78.5 cm³/mol. The highest BCUT2D eigenvalue weighted by molar-refractivity contribution is 9.10. The summed E-state index contributed by atoms with van der Waals surface area (Å²) in [6.07, 6.45) is 1.02. The third kappa shape index (κ3) is 5.19. The first-order chi connectivity index (χ1) is 8.52. The fourth-order valence-corrected chi connectivity index (χ4v) is 1.98. The van der Waals surface area contributed by atoms with E-state index in [0.29, 0.717) is 12.6 Å². The van der Waals surface area contributed by atoms with Crippen molar-refractivity contribution in [3.63, 3.8) is 0 Å². The lowest BCUT2D eigenvalue weighted by atomic mass is 10.1. The first kappa shape index (κ1) is 15.2. The average Bonchev–Trinajstić information content (AvgIpc) is 2.35. The number of hydrogen-bond acceptors (Lipinski definition) is 2. The summed E-state index contributed by atoms with van der Waals surface area (Å²) in [6.45, 7) is 6.53. The van der Waals surface area contributed by atoms with Gasteiger partial charge in [0.1, 0.15) is 0 Å². The molecule has 3 nitrogen and oxygen atoms in total.